The number of benzene rings is 2. The maximum atomic E-state index is 13.9. The van der Waals surface area contributed by atoms with Gasteiger partial charge in [-0.1, -0.05) is 28.9 Å². The summed E-state index contributed by atoms with van der Waals surface area (Å²) in [5.74, 6) is -1.47. The lowest BCUT2D eigenvalue weighted by Crippen LogP contribution is -2.15. The molecule has 200 valence electrons. The van der Waals surface area contributed by atoms with Gasteiger partial charge in [-0.2, -0.15) is 13.2 Å². The standard InChI is InChI=1S/C26H17ClF4N4O4/c1-11-21(36)17-10-14(26(29,30)31)9-16(23(17)38-22(11)13-4-3-5-15(28)8-13)12(2)32-18-6-7-19(27)33-20(18)24-34-25(37)39-35-24/h3-10,12,32H,1-2H3,(H,34,35,37). The third kappa shape index (κ3) is 5.02. The van der Waals surface area contributed by atoms with Crippen LogP contribution < -0.4 is 16.5 Å². The molecular formula is C26H17ClF4N4O4. The highest BCUT2D eigenvalue weighted by Crippen LogP contribution is 2.38. The first kappa shape index (κ1) is 26.2. The van der Waals surface area contributed by atoms with E-state index in [9.17, 15) is 27.2 Å². The highest BCUT2D eigenvalue weighted by Gasteiger charge is 2.33. The van der Waals surface area contributed by atoms with Gasteiger partial charge in [-0.15, -0.1) is 0 Å². The third-order valence-corrected chi connectivity index (χ3v) is 6.24. The van der Waals surface area contributed by atoms with E-state index in [1.807, 2.05) is 0 Å². The minimum absolute atomic E-state index is 0.0101. The number of halogens is 5. The fraction of sp³-hybridized carbons (Fsp3) is 0.154. The van der Waals surface area contributed by atoms with Crippen LogP contribution in [-0.4, -0.2) is 15.1 Å². The molecule has 13 heteroatoms. The van der Waals surface area contributed by atoms with Crippen LogP contribution in [0.1, 0.15) is 29.7 Å². The van der Waals surface area contributed by atoms with Crippen LogP contribution in [0.4, 0.5) is 23.2 Å². The van der Waals surface area contributed by atoms with Crippen molar-refractivity contribution in [1.82, 2.24) is 15.1 Å². The largest absolute Gasteiger partial charge is 0.455 e. The van der Waals surface area contributed by atoms with E-state index < -0.39 is 34.8 Å². The average molecular weight is 561 g/mol. The predicted octanol–water partition coefficient (Wildman–Crippen LogP) is 6.49. The summed E-state index contributed by atoms with van der Waals surface area (Å²) in [4.78, 5) is 31.2. The fourth-order valence-electron chi connectivity index (χ4n) is 4.18. The van der Waals surface area contributed by atoms with Gasteiger partial charge in [0.1, 0.15) is 28.0 Å². The first-order valence-electron chi connectivity index (χ1n) is 11.4. The van der Waals surface area contributed by atoms with Gasteiger partial charge in [-0.3, -0.25) is 14.3 Å². The summed E-state index contributed by atoms with van der Waals surface area (Å²) in [5.41, 5.74) is -1.30. The third-order valence-electron chi connectivity index (χ3n) is 6.03. The molecule has 3 aromatic heterocycles. The molecule has 0 radical (unpaired) electrons. The monoisotopic (exact) mass is 560 g/mol. The molecule has 0 fully saturated rings. The van der Waals surface area contributed by atoms with Crippen molar-refractivity contribution in [1.29, 1.82) is 0 Å². The van der Waals surface area contributed by atoms with Gasteiger partial charge < -0.3 is 9.73 Å². The highest BCUT2D eigenvalue weighted by atomic mass is 35.5. The quantitative estimate of drug-likeness (QED) is 0.186. The lowest BCUT2D eigenvalue weighted by atomic mass is 9.98. The van der Waals surface area contributed by atoms with Gasteiger partial charge >= 0.3 is 11.9 Å². The molecule has 0 aliphatic rings. The number of nitrogens with one attached hydrogen (secondary N) is 2. The smallest absolute Gasteiger partial charge is 0.439 e. The molecule has 39 heavy (non-hydrogen) atoms. The molecule has 1 unspecified atom stereocenters. The van der Waals surface area contributed by atoms with E-state index in [2.05, 4.69) is 25.0 Å². The van der Waals surface area contributed by atoms with Gasteiger partial charge in [0.25, 0.3) is 0 Å². The average Bonchev–Trinajstić information content (AvgIpc) is 3.32. The number of rotatable bonds is 5. The Morgan fingerprint density at radius 2 is 1.87 bits per heavy atom. The second kappa shape index (κ2) is 9.70. The van der Waals surface area contributed by atoms with Crippen molar-refractivity contribution in [3.05, 3.63) is 97.0 Å². The van der Waals surface area contributed by atoms with Crippen molar-refractivity contribution >= 4 is 28.3 Å². The molecule has 3 heterocycles. The van der Waals surface area contributed by atoms with E-state index in [0.717, 1.165) is 18.2 Å². The maximum Gasteiger partial charge on any atom is 0.439 e. The van der Waals surface area contributed by atoms with Crippen molar-refractivity contribution in [2.75, 3.05) is 5.32 Å². The van der Waals surface area contributed by atoms with Crippen LogP contribution in [0.3, 0.4) is 0 Å². The molecule has 5 rings (SSSR count). The number of anilines is 1. The molecule has 0 amide bonds. The number of pyridine rings is 1. The van der Waals surface area contributed by atoms with Crippen molar-refractivity contribution in [3.8, 4) is 22.8 Å². The minimum atomic E-state index is -4.77. The molecule has 8 nitrogen and oxygen atoms in total. The Hall–Kier alpha value is -4.45. The summed E-state index contributed by atoms with van der Waals surface area (Å²) in [6, 6.07) is 8.92. The van der Waals surface area contributed by atoms with E-state index >= 15 is 0 Å². The first-order valence-corrected chi connectivity index (χ1v) is 11.7. The first-order chi connectivity index (χ1) is 18.4. The summed E-state index contributed by atoms with van der Waals surface area (Å²) in [7, 11) is 0. The number of hydrogen-bond donors (Lipinski definition) is 2. The molecule has 0 bridgehead atoms. The zero-order chi connectivity index (χ0) is 28.1. The normalized spacial score (nSPS) is 12.6. The van der Waals surface area contributed by atoms with Gasteiger partial charge in [-0.05, 0) is 50.2 Å². The topological polar surface area (TPSA) is 114 Å². The van der Waals surface area contributed by atoms with E-state index in [4.69, 9.17) is 16.0 Å². The SMILES string of the molecule is Cc1c(-c2cccc(F)c2)oc2c(C(C)Nc3ccc(Cl)nc3-c3noc(=O)[nH]3)cc(C(F)(F)F)cc2c1=O. The highest BCUT2D eigenvalue weighted by molar-refractivity contribution is 6.29. The van der Waals surface area contributed by atoms with Crippen LogP contribution in [0, 0.1) is 12.7 Å². The second-order valence-corrected chi connectivity index (χ2v) is 9.06. The molecule has 2 aromatic carbocycles. The van der Waals surface area contributed by atoms with Gasteiger partial charge in [-0.25, -0.2) is 14.2 Å². The summed E-state index contributed by atoms with van der Waals surface area (Å²) in [5, 5.41) is 6.38. The van der Waals surface area contributed by atoms with Crippen LogP contribution in [0.5, 0.6) is 0 Å². The Bertz CT molecular complexity index is 1850. The Balaban J connectivity index is 1.71. The van der Waals surface area contributed by atoms with Crippen molar-refractivity contribution in [2.24, 2.45) is 0 Å². The number of fused-ring (bicyclic) bond motifs is 1. The number of alkyl halides is 3. The van der Waals surface area contributed by atoms with Gasteiger partial charge in [0.15, 0.2) is 5.43 Å². The van der Waals surface area contributed by atoms with E-state index in [1.165, 1.54) is 37.3 Å². The van der Waals surface area contributed by atoms with Gasteiger partial charge in [0, 0.05) is 16.7 Å². The van der Waals surface area contributed by atoms with Crippen molar-refractivity contribution in [2.45, 2.75) is 26.1 Å². The minimum Gasteiger partial charge on any atom is -0.455 e. The summed E-state index contributed by atoms with van der Waals surface area (Å²) in [6.45, 7) is 2.94. The molecule has 0 saturated carbocycles. The van der Waals surface area contributed by atoms with Crippen LogP contribution in [0.15, 0.2) is 67.1 Å². The lowest BCUT2D eigenvalue weighted by molar-refractivity contribution is -0.137. The Labute approximate surface area is 221 Å². The van der Waals surface area contributed by atoms with E-state index in [-0.39, 0.29) is 55.8 Å². The number of H-pyrrole nitrogens is 1. The summed E-state index contributed by atoms with van der Waals surface area (Å²) < 4.78 is 66.1. The van der Waals surface area contributed by atoms with Crippen LogP contribution in [-0.2, 0) is 6.18 Å². The van der Waals surface area contributed by atoms with Gasteiger partial charge in [0.2, 0.25) is 5.82 Å². The predicted molar refractivity (Wildman–Crippen MR) is 135 cm³/mol. The van der Waals surface area contributed by atoms with Crippen LogP contribution in [0.25, 0.3) is 33.8 Å². The zero-order valence-electron chi connectivity index (χ0n) is 20.1. The fourth-order valence-corrected chi connectivity index (χ4v) is 4.33. The van der Waals surface area contributed by atoms with E-state index in [1.54, 1.807) is 6.92 Å². The molecule has 0 spiro atoms. The van der Waals surface area contributed by atoms with Crippen molar-refractivity contribution in [3.63, 3.8) is 0 Å². The summed E-state index contributed by atoms with van der Waals surface area (Å²) in [6.07, 6.45) is -4.77. The van der Waals surface area contributed by atoms with Gasteiger partial charge in [0.05, 0.1) is 22.7 Å². The number of nitrogens with zero attached hydrogens (tertiary/aromatic N) is 2. The molecule has 5 aromatic rings. The Kier molecular flexibility index (Phi) is 6.51. The van der Waals surface area contributed by atoms with Crippen molar-refractivity contribution < 1.29 is 26.5 Å². The lowest BCUT2D eigenvalue weighted by Gasteiger charge is -2.21. The van der Waals surface area contributed by atoms with E-state index in [0.29, 0.717) is 0 Å². The molecule has 1 atom stereocenters. The summed E-state index contributed by atoms with van der Waals surface area (Å²) >= 11 is 6.00. The number of aromatic amines is 1. The molecule has 0 aliphatic carbocycles. The maximum absolute atomic E-state index is 13.9. The molecule has 2 N–H and O–H groups in total. The molecule has 0 saturated heterocycles. The molecular weight excluding hydrogens is 544 g/mol. The Morgan fingerprint density at radius 1 is 1.10 bits per heavy atom. The zero-order valence-corrected chi connectivity index (χ0v) is 20.9. The number of aromatic nitrogens is 3. The molecule has 0 aliphatic heterocycles. The second-order valence-electron chi connectivity index (χ2n) is 8.68. The Morgan fingerprint density at radius 3 is 2.54 bits per heavy atom. The van der Waals surface area contributed by atoms with Crippen LogP contribution >= 0.6 is 11.6 Å². The van der Waals surface area contributed by atoms with Crippen LogP contribution in [0.2, 0.25) is 5.15 Å². The number of hydrogen-bond acceptors (Lipinski definition) is 7.